The fraction of sp³-hybridized carbons (Fsp3) is 0.667. The highest BCUT2D eigenvalue weighted by Crippen LogP contribution is 2.61. The lowest BCUT2D eigenvalue weighted by atomic mass is 9.48. The molecule has 1 atom stereocenters. The smallest absolute Gasteiger partial charge is 0.234 e. The molecular weight excluding hydrogens is 382 g/mol. The van der Waals surface area contributed by atoms with Gasteiger partial charge in [-0.25, -0.2) is 0 Å². The Morgan fingerprint density at radius 3 is 2.19 bits per heavy atom. The molecular formula is C27H39N3O. The monoisotopic (exact) mass is 421 g/mol. The van der Waals surface area contributed by atoms with Gasteiger partial charge in [-0.1, -0.05) is 42.5 Å². The largest absolute Gasteiger partial charge is 0.352 e. The molecule has 5 aliphatic rings. The number of piperazine rings is 1. The van der Waals surface area contributed by atoms with E-state index in [0.717, 1.165) is 50.5 Å². The average molecular weight is 422 g/mol. The van der Waals surface area contributed by atoms with E-state index >= 15 is 0 Å². The van der Waals surface area contributed by atoms with Crippen LogP contribution in [0.15, 0.2) is 36.4 Å². The molecule has 4 aliphatic carbocycles. The van der Waals surface area contributed by atoms with Crippen molar-refractivity contribution in [2.24, 2.45) is 23.2 Å². The van der Waals surface area contributed by atoms with Crippen LogP contribution < -0.4 is 5.32 Å². The van der Waals surface area contributed by atoms with Crippen molar-refractivity contribution in [1.29, 1.82) is 0 Å². The van der Waals surface area contributed by atoms with Crippen LogP contribution in [0.25, 0.3) is 6.08 Å². The van der Waals surface area contributed by atoms with Crippen molar-refractivity contribution in [3.63, 3.8) is 0 Å². The molecule has 168 valence electrons. The van der Waals surface area contributed by atoms with Crippen molar-refractivity contribution >= 4 is 12.0 Å². The van der Waals surface area contributed by atoms with Gasteiger partial charge in [0.1, 0.15) is 0 Å². The van der Waals surface area contributed by atoms with E-state index in [1.165, 1.54) is 44.1 Å². The van der Waals surface area contributed by atoms with E-state index < -0.39 is 0 Å². The molecule has 6 rings (SSSR count). The molecule has 1 N–H and O–H groups in total. The summed E-state index contributed by atoms with van der Waals surface area (Å²) in [5.41, 5.74) is 1.65. The summed E-state index contributed by atoms with van der Waals surface area (Å²) < 4.78 is 0. The second kappa shape index (κ2) is 9.07. The zero-order valence-corrected chi connectivity index (χ0v) is 19.1. The quantitative estimate of drug-likeness (QED) is 0.722. The molecule has 0 spiro atoms. The average Bonchev–Trinajstić information content (AvgIpc) is 2.75. The molecule has 1 aliphatic heterocycles. The van der Waals surface area contributed by atoms with Gasteiger partial charge in [0.05, 0.1) is 6.54 Å². The summed E-state index contributed by atoms with van der Waals surface area (Å²) in [6.45, 7) is 7.88. The molecule has 4 heteroatoms. The van der Waals surface area contributed by atoms with Gasteiger partial charge in [0.25, 0.3) is 0 Å². The minimum absolute atomic E-state index is 0.237. The molecule has 1 unspecified atom stereocenters. The number of hydrogen-bond acceptors (Lipinski definition) is 3. The van der Waals surface area contributed by atoms with Crippen LogP contribution >= 0.6 is 0 Å². The Hall–Kier alpha value is -1.65. The van der Waals surface area contributed by atoms with E-state index in [0.29, 0.717) is 18.0 Å². The number of carbonyl (C=O) groups excluding carboxylic acids is 1. The first kappa shape index (κ1) is 21.2. The van der Waals surface area contributed by atoms with Crippen LogP contribution in [0.2, 0.25) is 0 Å². The summed E-state index contributed by atoms with van der Waals surface area (Å²) in [5.74, 6) is 3.06. The van der Waals surface area contributed by atoms with Crippen molar-refractivity contribution in [2.75, 3.05) is 39.3 Å². The number of nitrogens with one attached hydrogen (secondary N) is 1. The first-order chi connectivity index (χ1) is 15.1. The van der Waals surface area contributed by atoms with Crippen LogP contribution in [0, 0.1) is 23.2 Å². The van der Waals surface area contributed by atoms with Gasteiger partial charge in [0.2, 0.25) is 5.91 Å². The fourth-order valence-corrected chi connectivity index (χ4v) is 7.38. The predicted octanol–water partition coefficient (Wildman–Crippen LogP) is 4.04. The Bertz CT molecular complexity index is 746. The topological polar surface area (TPSA) is 35.6 Å². The molecule has 1 saturated heterocycles. The summed E-state index contributed by atoms with van der Waals surface area (Å²) in [6, 6.07) is 10.8. The summed E-state index contributed by atoms with van der Waals surface area (Å²) >= 11 is 0. The predicted molar refractivity (Wildman–Crippen MR) is 127 cm³/mol. The lowest BCUT2D eigenvalue weighted by Gasteiger charge is -2.59. The molecule has 4 saturated carbocycles. The van der Waals surface area contributed by atoms with Gasteiger partial charge in [-0.2, -0.15) is 0 Å². The van der Waals surface area contributed by atoms with E-state index in [9.17, 15) is 4.79 Å². The normalized spacial score (nSPS) is 34.3. The molecule has 5 fully saturated rings. The third-order valence-corrected chi connectivity index (χ3v) is 8.69. The van der Waals surface area contributed by atoms with E-state index in [1.807, 2.05) is 0 Å². The highest BCUT2D eigenvalue weighted by molar-refractivity contribution is 5.78. The number of carbonyl (C=O) groups is 1. The third kappa shape index (κ3) is 4.90. The zero-order chi connectivity index (χ0) is 21.3. The van der Waals surface area contributed by atoms with Crippen LogP contribution in [0.5, 0.6) is 0 Å². The maximum atomic E-state index is 12.8. The Balaban J connectivity index is 1.05. The van der Waals surface area contributed by atoms with Crippen molar-refractivity contribution in [3.8, 4) is 0 Å². The molecule has 31 heavy (non-hydrogen) atoms. The summed E-state index contributed by atoms with van der Waals surface area (Å²) in [6.07, 6.45) is 12.9. The van der Waals surface area contributed by atoms with Crippen molar-refractivity contribution < 1.29 is 4.79 Å². The highest BCUT2D eigenvalue weighted by Gasteiger charge is 2.53. The number of amides is 1. The van der Waals surface area contributed by atoms with Crippen molar-refractivity contribution in [1.82, 2.24) is 15.1 Å². The Labute approximate surface area is 188 Å². The standard InChI is InChI=1S/C27H39N3O/c1-21(27-17-23-14-24(18-27)16-25(15-23)19-27)28-26(31)20-30-12-10-29(11-13-30)9-5-8-22-6-3-2-4-7-22/h2-8,21,23-25H,9-20H2,1H3,(H,28,31)/b8-5+. The van der Waals surface area contributed by atoms with Gasteiger partial charge in [-0.15, -0.1) is 0 Å². The van der Waals surface area contributed by atoms with E-state index in [4.69, 9.17) is 0 Å². The molecule has 4 bridgehead atoms. The maximum Gasteiger partial charge on any atom is 0.234 e. The van der Waals surface area contributed by atoms with E-state index in [2.05, 4.69) is 64.5 Å². The van der Waals surface area contributed by atoms with Crippen LogP contribution in [0.4, 0.5) is 0 Å². The van der Waals surface area contributed by atoms with Crippen LogP contribution in [-0.2, 0) is 4.79 Å². The molecule has 1 amide bonds. The lowest BCUT2D eigenvalue weighted by Crippen LogP contribution is -2.57. The van der Waals surface area contributed by atoms with Gasteiger partial charge in [-0.05, 0) is 74.2 Å². The molecule has 0 aromatic heterocycles. The number of nitrogens with zero attached hydrogens (tertiary/aromatic N) is 2. The first-order valence-electron chi connectivity index (χ1n) is 12.5. The van der Waals surface area contributed by atoms with Crippen LogP contribution in [0.1, 0.15) is 51.0 Å². The van der Waals surface area contributed by atoms with Crippen molar-refractivity contribution in [3.05, 3.63) is 42.0 Å². The minimum atomic E-state index is 0.237. The minimum Gasteiger partial charge on any atom is -0.352 e. The maximum absolute atomic E-state index is 12.8. The fourth-order valence-electron chi connectivity index (χ4n) is 7.38. The van der Waals surface area contributed by atoms with Crippen molar-refractivity contribution in [2.45, 2.75) is 51.5 Å². The van der Waals surface area contributed by atoms with E-state index in [-0.39, 0.29) is 5.91 Å². The van der Waals surface area contributed by atoms with Gasteiger partial charge in [-0.3, -0.25) is 14.6 Å². The molecule has 0 radical (unpaired) electrons. The van der Waals surface area contributed by atoms with Gasteiger partial charge < -0.3 is 5.32 Å². The summed E-state index contributed by atoms with van der Waals surface area (Å²) in [7, 11) is 0. The summed E-state index contributed by atoms with van der Waals surface area (Å²) in [4.78, 5) is 17.7. The van der Waals surface area contributed by atoms with Crippen LogP contribution in [0.3, 0.4) is 0 Å². The molecule has 1 heterocycles. The second-order valence-corrected chi connectivity index (χ2v) is 11.0. The van der Waals surface area contributed by atoms with Crippen LogP contribution in [-0.4, -0.2) is 61.0 Å². The number of benzene rings is 1. The Morgan fingerprint density at radius 2 is 1.58 bits per heavy atom. The first-order valence-corrected chi connectivity index (χ1v) is 12.5. The van der Waals surface area contributed by atoms with Gasteiger partial charge in [0, 0.05) is 38.8 Å². The second-order valence-electron chi connectivity index (χ2n) is 11.0. The molecule has 4 nitrogen and oxygen atoms in total. The Kier molecular flexibility index (Phi) is 6.21. The van der Waals surface area contributed by atoms with Gasteiger partial charge >= 0.3 is 0 Å². The van der Waals surface area contributed by atoms with Gasteiger partial charge in [0.15, 0.2) is 0 Å². The summed E-state index contributed by atoms with van der Waals surface area (Å²) in [5, 5.41) is 3.44. The lowest BCUT2D eigenvalue weighted by molar-refractivity contribution is -0.127. The SMILES string of the molecule is CC(NC(=O)CN1CCN(C/C=C/c2ccccc2)CC1)C12CC3CC(CC(C3)C1)C2. The van der Waals surface area contributed by atoms with E-state index in [1.54, 1.807) is 0 Å². The Morgan fingerprint density at radius 1 is 1.00 bits per heavy atom. The zero-order valence-electron chi connectivity index (χ0n) is 19.1. The highest BCUT2D eigenvalue weighted by atomic mass is 16.2. The third-order valence-electron chi connectivity index (χ3n) is 8.69. The number of rotatable bonds is 7. The number of hydrogen-bond donors (Lipinski definition) is 1. The molecule has 1 aromatic rings. The molecule has 1 aromatic carbocycles.